The summed E-state index contributed by atoms with van der Waals surface area (Å²) in [7, 11) is -2.49. The van der Waals surface area contributed by atoms with Gasteiger partial charge in [0.1, 0.15) is 12.3 Å². The molecule has 0 aliphatic heterocycles. The molecule has 0 fully saturated rings. The lowest BCUT2D eigenvalue weighted by Crippen LogP contribution is -2.38. The molecular formula is C23H23ClN2O4S. The molecule has 0 heterocycles. The number of rotatable bonds is 7. The van der Waals surface area contributed by atoms with Crippen LogP contribution in [0.25, 0.3) is 0 Å². The highest BCUT2D eigenvalue weighted by Gasteiger charge is 2.27. The number of anilines is 2. The lowest BCUT2D eigenvalue weighted by Gasteiger charge is -2.24. The van der Waals surface area contributed by atoms with Gasteiger partial charge >= 0.3 is 0 Å². The second-order valence-corrected chi connectivity index (χ2v) is 9.31. The van der Waals surface area contributed by atoms with E-state index in [1.54, 1.807) is 54.6 Å². The molecule has 0 spiro atoms. The number of carbonyl (C=O) groups excluding carboxylic acids is 1. The summed E-state index contributed by atoms with van der Waals surface area (Å²) in [5, 5.41) is 3.13. The molecule has 1 amide bonds. The minimum Gasteiger partial charge on any atom is -0.497 e. The molecule has 0 aliphatic rings. The van der Waals surface area contributed by atoms with Gasteiger partial charge < -0.3 is 10.1 Å². The molecule has 162 valence electrons. The highest BCUT2D eigenvalue weighted by Crippen LogP contribution is 2.28. The van der Waals surface area contributed by atoms with Gasteiger partial charge in [0.25, 0.3) is 10.0 Å². The molecule has 8 heteroatoms. The largest absolute Gasteiger partial charge is 0.497 e. The highest BCUT2D eigenvalue weighted by molar-refractivity contribution is 7.92. The Hall–Kier alpha value is -3.03. The number of halogens is 1. The van der Waals surface area contributed by atoms with Crippen LogP contribution in [0.5, 0.6) is 5.75 Å². The van der Waals surface area contributed by atoms with E-state index in [0.717, 1.165) is 15.4 Å². The maximum atomic E-state index is 13.4. The maximum Gasteiger partial charge on any atom is 0.264 e. The van der Waals surface area contributed by atoms with Gasteiger partial charge in [-0.25, -0.2) is 8.42 Å². The number of nitrogens with zero attached hydrogens (tertiary/aromatic N) is 1. The van der Waals surface area contributed by atoms with E-state index < -0.39 is 22.5 Å². The number of nitrogens with one attached hydrogen (secondary N) is 1. The van der Waals surface area contributed by atoms with Crippen molar-refractivity contribution in [3.8, 4) is 5.75 Å². The van der Waals surface area contributed by atoms with E-state index in [4.69, 9.17) is 16.3 Å². The second kappa shape index (κ2) is 9.41. The third-order valence-electron chi connectivity index (χ3n) is 4.69. The summed E-state index contributed by atoms with van der Waals surface area (Å²) in [6, 6.07) is 18.2. The SMILES string of the molecule is COc1cccc(NC(=O)CN(c2ccc(C)c(Cl)c2)S(=O)(=O)c2ccc(C)cc2)c1. The molecule has 0 unspecified atom stereocenters. The fourth-order valence-electron chi connectivity index (χ4n) is 2.92. The van der Waals surface area contributed by atoms with Crippen LogP contribution in [0.4, 0.5) is 11.4 Å². The monoisotopic (exact) mass is 458 g/mol. The predicted molar refractivity (Wildman–Crippen MR) is 124 cm³/mol. The molecule has 0 bridgehead atoms. The van der Waals surface area contributed by atoms with Crippen LogP contribution in [0.2, 0.25) is 5.02 Å². The quantitative estimate of drug-likeness (QED) is 0.551. The topological polar surface area (TPSA) is 75.7 Å². The Kier molecular flexibility index (Phi) is 6.87. The summed E-state index contributed by atoms with van der Waals surface area (Å²) in [6.07, 6.45) is 0. The number of aryl methyl sites for hydroxylation is 2. The van der Waals surface area contributed by atoms with Crippen LogP contribution >= 0.6 is 11.6 Å². The van der Waals surface area contributed by atoms with E-state index in [2.05, 4.69) is 5.32 Å². The molecule has 0 aliphatic carbocycles. The molecule has 3 aromatic rings. The van der Waals surface area contributed by atoms with Crippen LogP contribution in [0.1, 0.15) is 11.1 Å². The molecular weight excluding hydrogens is 436 g/mol. The van der Waals surface area contributed by atoms with Gasteiger partial charge in [0, 0.05) is 16.8 Å². The van der Waals surface area contributed by atoms with Gasteiger partial charge in [-0.2, -0.15) is 0 Å². The van der Waals surface area contributed by atoms with Gasteiger partial charge in [0.15, 0.2) is 0 Å². The molecule has 1 N–H and O–H groups in total. The number of sulfonamides is 1. The third kappa shape index (κ3) is 5.37. The first-order valence-corrected chi connectivity index (χ1v) is 11.3. The Balaban J connectivity index is 1.96. The van der Waals surface area contributed by atoms with Gasteiger partial charge in [0.05, 0.1) is 17.7 Å². The average Bonchev–Trinajstić information content (AvgIpc) is 2.74. The van der Waals surface area contributed by atoms with Crippen LogP contribution in [0.3, 0.4) is 0 Å². The predicted octanol–water partition coefficient (Wildman–Crippen LogP) is 4.80. The van der Waals surface area contributed by atoms with Crippen molar-refractivity contribution < 1.29 is 17.9 Å². The normalized spacial score (nSPS) is 11.1. The Morgan fingerprint density at radius 2 is 1.74 bits per heavy atom. The lowest BCUT2D eigenvalue weighted by atomic mass is 10.2. The molecule has 3 rings (SSSR count). The molecule has 0 saturated heterocycles. The van der Waals surface area contributed by atoms with Gasteiger partial charge in [0.2, 0.25) is 5.91 Å². The van der Waals surface area contributed by atoms with Gasteiger partial charge in [-0.05, 0) is 55.8 Å². The number of hydrogen-bond acceptors (Lipinski definition) is 4. The maximum absolute atomic E-state index is 13.4. The van der Waals surface area contributed by atoms with Crippen molar-refractivity contribution in [3.63, 3.8) is 0 Å². The van der Waals surface area contributed by atoms with Crippen LogP contribution in [-0.4, -0.2) is 28.0 Å². The molecule has 6 nitrogen and oxygen atoms in total. The molecule has 3 aromatic carbocycles. The standard InChI is InChI=1S/C23H23ClN2O4S/c1-16-7-11-21(12-8-16)31(28,29)26(19-10-9-17(2)22(24)14-19)15-23(27)25-18-5-4-6-20(13-18)30-3/h4-14H,15H2,1-3H3,(H,25,27). The number of methoxy groups -OCH3 is 1. The Labute approximate surface area is 187 Å². The fraction of sp³-hybridized carbons (Fsp3) is 0.174. The second-order valence-electron chi connectivity index (χ2n) is 7.04. The van der Waals surface area contributed by atoms with Crippen LogP contribution in [0, 0.1) is 13.8 Å². The molecule has 0 radical (unpaired) electrons. The van der Waals surface area contributed by atoms with E-state index in [0.29, 0.717) is 22.1 Å². The third-order valence-corrected chi connectivity index (χ3v) is 6.89. The van der Waals surface area contributed by atoms with E-state index in [1.807, 2.05) is 13.8 Å². The van der Waals surface area contributed by atoms with Gasteiger partial charge in [-0.15, -0.1) is 0 Å². The summed E-state index contributed by atoms with van der Waals surface area (Å²) in [4.78, 5) is 12.9. The fourth-order valence-corrected chi connectivity index (χ4v) is 4.51. The molecule has 31 heavy (non-hydrogen) atoms. The minimum absolute atomic E-state index is 0.0870. The Morgan fingerprint density at radius 3 is 2.39 bits per heavy atom. The molecule has 0 aromatic heterocycles. The van der Waals surface area contributed by atoms with Crippen LogP contribution in [0.15, 0.2) is 71.6 Å². The van der Waals surface area contributed by atoms with Gasteiger partial charge in [-0.3, -0.25) is 9.10 Å². The van der Waals surface area contributed by atoms with E-state index in [1.165, 1.54) is 19.2 Å². The minimum atomic E-state index is -4.01. The van der Waals surface area contributed by atoms with Crippen molar-refractivity contribution in [2.24, 2.45) is 0 Å². The summed E-state index contributed by atoms with van der Waals surface area (Å²) >= 11 is 6.24. The van der Waals surface area contributed by atoms with Crippen molar-refractivity contribution in [1.29, 1.82) is 0 Å². The lowest BCUT2D eigenvalue weighted by molar-refractivity contribution is -0.114. The highest BCUT2D eigenvalue weighted by atomic mass is 35.5. The number of benzene rings is 3. The van der Waals surface area contributed by atoms with Crippen molar-refractivity contribution in [2.75, 3.05) is 23.3 Å². The van der Waals surface area contributed by atoms with E-state index in [-0.39, 0.29) is 4.90 Å². The van der Waals surface area contributed by atoms with Gasteiger partial charge in [-0.1, -0.05) is 41.4 Å². The number of carbonyl (C=O) groups is 1. The zero-order chi connectivity index (χ0) is 22.6. The first kappa shape index (κ1) is 22.7. The smallest absolute Gasteiger partial charge is 0.264 e. The average molecular weight is 459 g/mol. The van der Waals surface area contributed by atoms with Crippen molar-refractivity contribution in [2.45, 2.75) is 18.7 Å². The van der Waals surface area contributed by atoms with Crippen molar-refractivity contribution in [1.82, 2.24) is 0 Å². The van der Waals surface area contributed by atoms with Crippen molar-refractivity contribution >= 4 is 38.9 Å². The number of hydrogen-bond donors (Lipinski definition) is 1. The molecule has 0 saturated carbocycles. The summed E-state index contributed by atoms with van der Waals surface area (Å²) in [5.41, 5.74) is 2.54. The van der Waals surface area contributed by atoms with E-state index in [9.17, 15) is 13.2 Å². The summed E-state index contributed by atoms with van der Waals surface area (Å²) in [6.45, 7) is 3.27. The number of ether oxygens (including phenoxy) is 1. The zero-order valence-electron chi connectivity index (χ0n) is 17.4. The summed E-state index contributed by atoms with van der Waals surface area (Å²) in [5.74, 6) is 0.0767. The molecule has 0 atom stereocenters. The first-order valence-electron chi connectivity index (χ1n) is 9.50. The zero-order valence-corrected chi connectivity index (χ0v) is 19.0. The number of amides is 1. The first-order chi connectivity index (χ1) is 14.7. The Bertz CT molecular complexity index is 1190. The van der Waals surface area contributed by atoms with Crippen LogP contribution < -0.4 is 14.4 Å². The van der Waals surface area contributed by atoms with Crippen LogP contribution in [-0.2, 0) is 14.8 Å². The van der Waals surface area contributed by atoms with Crippen molar-refractivity contribution in [3.05, 3.63) is 82.9 Å². The summed E-state index contributed by atoms with van der Waals surface area (Å²) < 4.78 is 33.0. The Morgan fingerprint density at radius 1 is 1.03 bits per heavy atom. The van der Waals surface area contributed by atoms with E-state index >= 15 is 0 Å².